The predicted octanol–water partition coefficient (Wildman–Crippen LogP) is 1.03. The first kappa shape index (κ1) is 12.4. The zero-order valence-electron chi connectivity index (χ0n) is 10.2. The fourth-order valence-electron chi connectivity index (χ4n) is 3.29. The van der Waals surface area contributed by atoms with Gasteiger partial charge in [0.25, 0.3) is 0 Å². The smallest absolute Gasteiger partial charge is 0.224 e. The summed E-state index contributed by atoms with van der Waals surface area (Å²) in [6.45, 7) is 4.73. The fraction of sp³-hybridized carbons (Fsp3) is 0.769. The van der Waals surface area contributed by atoms with Crippen molar-refractivity contribution in [2.24, 2.45) is 23.5 Å². The number of carbonyl (C=O) groups excluding carboxylic acids is 1. The van der Waals surface area contributed by atoms with E-state index >= 15 is 0 Å². The van der Waals surface area contributed by atoms with E-state index in [1.54, 1.807) is 0 Å². The molecule has 96 valence electrons. The molecule has 2 fully saturated rings. The van der Waals surface area contributed by atoms with E-state index in [9.17, 15) is 4.79 Å². The van der Waals surface area contributed by atoms with Crippen LogP contribution in [0, 0.1) is 17.8 Å². The molecule has 0 aromatic carbocycles. The van der Waals surface area contributed by atoms with Crippen molar-refractivity contribution >= 4 is 5.91 Å². The van der Waals surface area contributed by atoms with Gasteiger partial charge < -0.3 is 15.8 Å². The molecule has 2 aliphatic rings. The Balaban J connectivity index is 1.71. The average molecular weight is 238 g/mol. The van der Waals surface area contributed by atoms with Gasteiger partial charge in [-0.1, -0.05) is 6.58 Å². The van der Waals surface area contributed by atoms with Gasteiger partial charge in [-0.05, 0) is 37.5 Å². The third-order valence-corrected chi connectivity index (χ3v) is 4.14. The molecule has 0 aromatic rings. The highest BCUT2D eigenvalue weighted by molar-refractivity contribution is 5.80. The monoisotopic (exact) mass is 238 g/mol. The average Bonchev–Trinajstić information content (AvgIpc) is 2.89. The van der Waals surface area contributed by atoms with Gasteiger partial charge in [-0.3, -0.25) is 4.79 Å². The van der Waals surface area contributed by atoms with E-state index in [1.165, 1.54) is 19.1 Å². The maximum Gasteiger partial charge on any atom is 0.224 e. The number of rotatable bonds is 6. The van der Waals surface area contributed by atoms with Crippen LogP contribution in [0.4, 0.5) is 0 Å². The first-order valence-electron chi connectivity index (χ1n) is 6.50. The van der Waals surface area contributed by atoms with Crippen LogP contribution in [0.5, 0.6) is 0 Å². The molecule has 0 spiro atoms. The van der Waals surface area contributed by atoms with Gasteiger partial charge in [0.15, 0.2) is 0 Å². The summed E-state index contributed by atoms with van der Waals surface area (Å²) in [4.78, 5) is 12.0. The van der Waals surface area contributed by atoms with Gasteiger partial charge in [0.1, 0.15) is 0 Å². The molecule has 4 unspecified atom stereocenters. The zero-order chi connectivity index (χ0) is 12.3. The molecular formula is C13H22N2O2. The van der Waals surface area contributed by atoms with Gasteiger partial charge in [0, 0.05) is 12.6 Å². The minimum atomic E-state index is 0.0501. The third kappa shape index (κ3) is 2.63. The lowest BCUT2D eigenvalue weighted by atomic mass is 9.84. The van der Waals surface area contributed by atoms with Crippen LogP contribution >= 0.6 is 0 Å². The van der Waals surface area contributed by atoms with Crippen LogP contribution in [0.3, 0.4) is 0 Å². The van der Waals surface area contributed by atoms with Gasteiger partial charge in [0.05, 0.1) is 18.8 Å². The molecule has 1 amide bonds. The highest BCUT2D eigenvalue weighted by Gasteiger charge is 2.48. The van der Waals surface area contributed by atoms with E-state index in [1.807, 2.05) is 0 Å². The van der Waals surface area contributed by atoms with E-state index in [4.69, 9.17) is 10.5 Å². The molecule has 0 aromatic heterocycles. The summed E-state index contributed by atoms with van der Waals surface area (Å²) in [5.74, 6) is 1.30. The molecule has 0 radical (unpaired) electrons. The highest BCUT2D eigenvalue weighted by atomic mass is 16.5. The second kappa shape index (κ2) is 5.54. The second-order valence-electron chi connectivity index (χ2n) is 5.12. The Morgan fingerprint density at radius 1 is 1.47 bits per heavy atom. The van der Waals surface area contributed by atoms with E-state index in [0.717, 1.165) is 12.8 Å². The lowest BCUT2D eigenvalue weighted by Gasteiger charge is -2.26. The molecule has 2 bridgehead atoms. The van der Waals surface area contributed by atoms with Crippen LogP contribution in [0.2, 0.25) is 0 Å². The van der Waals surface area contributed by atoms with Crippen molar-refractivity contribution in [1.82, 2.24) is 5.32 Å². The van der Waals surface area contributed by atoms with Gasteiger partial charge >= 0.3 is 0 Å². The van der Waals surface area contributed by atoms with E-state index in [-0.39, 0.29) is 17.9 Å². The molecule has 4 heteroatoms. The largest absolute Gasteiger partial charge is 0.502 e. The van der Waals surface area contributed by atoms with Crippen molar-refractivity contribution in [3.8, 4) is 0 Å². The summed E-state index contributed by atoms with van der Waals surface area (Å²) in [5.41, 5.74) is 6.12. The second-order valence-corrected chi connectivity index (χ2v) is 5.12. The van der Waals surface area contributed by atoms with Crippen molar-refractivity contribution < 1.29 is 9.53 Å². The van der Waals surface area contributed by atoms with Crippen LogP contribution in [-0.2, 0) is 9.53 Å². The van der Waals surface area contributed by atoms with Crippen LogP contribution < -0.4 is 11.1 Å². The van der Waals surface area contributed by atoms with Gasteiger partial charge in [0.2, 0.25) is 5.91 Å². The Bertz CT molecular complexity index is 291. The van der Waals surface area contributed by atoms with Crippen LogP contribution in [0.15, 0.2) is 12.8 Å². The summed E-state index contributed by atoms with van der Waals surface area (Å²) in [7, 11) is 0. The number of nitrogens with two attached hydrogens (primary N) is 1. The molecule has 0 saturated heterocycles. The molecule has 4 atom stereocenters. The third-order valence-electron chi connectivity index (χ3n) is 4.14. The van der Waals surface area contributed by atoms with E-state index in [0.29, 0.717) is 25.0 Å². The Morgan fingerprint density at radius 2 is 2.24 bits per heavy atom. The normalized spacial score (nSPS) is 34.6. The molecule has 4 nitrogen and oxygen atoms in total. The van der Waals surface area contributed by atoms with Crippen molar-refractivity contribution in [3.63, 3.8) is 0 Å². The van der Waals surface area contributed by atoms with E-state index < -0.39 is 0 Å². The summed E-state index contributed by atoms with van der Waals surface area (Å²) < 4.78 is 5.00. The zero-order valence-corrected chi connectivity index (χ0v) is 10.2. The van der Waals surface area contributed by atoms with Crippen molar-refractivity contribution in [2.45, 2.75) is 31.7 Å². The Kier molecular flexibility index (Phi) is 4.05. The molecular weight excluding hydrogens is 216 g/mol. The number of fused-ring (bicyclic) bond motifs is 2. The number of nitrogens with one attached hydrogen (secondary N) is 1. The SMILES string of the molecule is C=COCCCNC(=O)C1C2CCC(C2)C1N. The Morgan fingerprint density at radius 3 is 2.88 bits per heavy atom. The number of hydrogen-bond acceptors (Lipinski definition) is 3. The minimum Gasteiger partial charge on any atom is -0.502 e. The first-order chi connectivity index (χ1) is 8.24. The van der Waals surface area contributed by atoms with Crippen LogP contribution in [-0.4, -0.2) is 25.1 Å². The molecule has 0 aliphatic heterocycles. The number of ether oxygens (including phenoxy) is 1. The van der Waals surface area contributed by atoms with Crippen molar-refractivity contribution in [2.75, 3.05) is 13.2 Å². The lowest BCUT2D eigenvalue weighted by molar-refractivity contribution is -0.127. The number of carbonyl (C=O) groups is 1. The van der Waals surface area contributed by atoms with Crippen molar-refractivity contribution in [1.29, 1.82) is 0 Å². The number of amides is 1. The summed E-state index contributed by atoms with van der Waals surface area (Å²) in [6, 6.07) is 0.0816. The minimum absolute atomic E-state index is 0.0501. The topological polar surface area (TPSA) is 64.3 Å². The molecule has 2 rings (SSSR count). The molecule has 0 heterocycles. The summed E-state index contributed by atoms with van der Waals surface area (Å²) >= 11 is 0. The lowest BCUT2D eigenvalue weighted by Crippen LogP contribution is -2.45. The summed E-state index contributed by atoms with van der Waals surface area (Å²) in [6.07, 6.45) is 5.78. The number of hydrogen-bond donors (Lipinski definition) is 2. The van der Waals surface area contributed by atoms with Crippen LogP contribution in [0.1, 0.15) is 25.7 Å². The quantitative estimate of drug-likeness (QED) is 0.536. The maximum absolute atomic E-state index is 12.0. The molecule has 3 N–H and O–H groups in total. The van der Waals surface area contributed by atoms with Gasteiger partial charge in [-0.25, -0.2) is 0 Å². The highest BCUT2D eigenvalue weighted by Crippen LogP contribution is 2.47. The van der Waals surface area contributed by atoms with Crippen molar-refractivity contribution in [3.05, 3.63) is 12.8 Å². The van der Waals surface area contributed by atoms with E-state index in [2.05, 4.69) is 11.9 Å². The molecule has 17 heavy (non-hydrogen) atoms. The fourth-order valence-corrected chi connectivity index (χ4v) is 3.29. The molecule has 2 aliphatic carbocycles. The Hall–Kier alpha value is -1.03. The van der Waals surface area contributed by atoms with Gasteiger partial charge in [-0.15, -0.1) is 0 Å². The molecule has 2 saturated carbocycles. The Labute approximate surface area is 103 Å². The first-order valence-corrected chi connectivity index (χ1v) is 6.50. The maximum atomic E-state index is 12.0. The summed E-state index contributed by atoms with van der Waals surface area (Å²) in [5, 5.41) is 2.97. The van der Waals surface area contributed by atoms with Gasteiger partial charge in [-0.2, -0.15) is 0 Å². The predicted molar refractivity (Wildman–Crippen MR) is 66.1 cm³/mol. The standard InChI is InChI=1S/C13H22N2O2/c1-2-17-7-3-6-15-13(16)11-9-4-5-10(8-9)12(11)14/h2,9-12H,1,3-8,14H2,(H,15,16). The van der Waals surface area contributed by atoms with Crippen LogP contribution in [0.25, 0.3) is 0 Å².